The molecule has 0 amide bonds. The van der Waals surface area contributed by atoms with Crippen molar-refractivity contribution in [3.63, 3.8) is 0 Å². The van der Waals surface area contributed by atoms with Gasteiger partial charge in [0.2, 0.25) is 0 Å². The maximum Gasteiger partial charge on any atom is 0.391 e. The van der Waals surface area contributed by atoms with E-state index >= 15 is 0 Å². The van der Waals surface area contributed by atoms with Gasteiger partial charge in [0.1, 0.15) is 6.61 Å². The fourth-order valence-electron chi connectivity index (χ4n) is 0.480. The molecule has 0 aromatic carbocycles. The first-order valence-electron chi connectivity index (χ1n) is 2.32. The first-order chi connectivity index (χ1) is 4.20. The molecule has 0 aromatic rings. The molecule has 0 bridgehead atoms. The van der Waals surface area contributed by atoms with E-state index in [0.29, 0.717) is 0 Å². The smallest absolute Gasteiger partial charge is 0.391 e. The van der Waals surface area contributed by atoms with E-state index in [1.54, 1.807) is 0 Å². The molecular weight excluding hydrogens is 126 g/mol. The van der Waals surface area contributed by atoms with Crippen LogP contribution in [-0.4, -0.2) is 34.9 Å². The highest BCUT2D eigenvalue weighted by atomic mass is 16.5. The van der Waals surface area contributed by atoms with Crippen molar-refractivity contribution >= 4 is 11.9 Å². The summed E-state index contributed by atoms with van der Waals surface area (Å²) < 4.78 is 4.43. The van der Waals surface area contributed by atoms with Crippen LogP contribution in [0.5, 0.6) is 0 Å². The molecule has 1 atom stereocenters. The Labute approximate surface area is 50.6 Å². The van der Waals surface area contributed by atoms with Crippen LogP contribution in [0.3, 0.4) is 0 Å². The average molecular weight is 131 g/mol. The van der Waals surface area contributed by atoms with E-state index < -0.39 is 18.1 Å². The predicted molar refractivity (Wildman–Crippen MR) is 27.0 cm³/mol. The minimum absolute atomic E-state index is 0.0539. The van der Waals surface area contributed by atoms with Gasteiger partial charge in [0.15, 0.2) is 6.23 Å². The Morgan fingerprint density at radius 3 is 2.78 bits per heavy atom. The number of aliphatic imine (C=N–C) groups is 1. The quantitative estimate of drug-likeness (QED) is 0.469. The van der Waals surface area contributed by atoms with Crippen LogP contribution in [0.2, 0.25) is 0 Å². The number of rotatable bonds is 1. The lowest BCUT2D eigenvalue weighted by Gasteiger charge is -1.91. The Kier molecular flexibility index (Phi) is 1.35. The molecule has 50 valence electrons. The monoisotopic (exact) mass is 131 g/mol. The van der Waals surface area contributed by atoms with E-state index in [9.17, 15) is 4.79 Å². The average Bonchev–Trinajstić information content (AvgIpc) is 2.14. The molecule has 0 radical (unpaired) electrons. The number of aliphatic hydroxyl groups excluding tert-OH is 1. The zero-order valence-electron chi connectivity index (χ0n) is 4.44. The zero-order valence-corrected chi connectivity index (χ0v) is 4.44. The highest BCUT2D eigenvalue weighted by Crippen LogP contribution is 1.99. The van der Waals surface area contributed by atoms with Crippen molar-refractivity contribution in [2.45, 2.75) is 6.23 Å². The summed E-state index contributed by atoms with van der Waals surface area (Å²) in [5, 5.41) is 16.7. The summed E-state index contributed by atoms with van der Waals surface area (Å²) in [7, 11) is 0. The third kappa shape index (κ3) is 1.17. The molecule has 1 unspecified atom stereocenters. The lowest BCUT2D eigenvalue weighted by Crippen LogP contribution is -2.12. The molecule has 0 aromatic heterocycles. The van der Waals surface area contributed by atoms with Crippen LogP contribution in [0.25, 0.3) is 0 Å². The fourth-order valence-corrected chi connectivity index (χ4v) is 0.480. The van der Waals surface area contributed by atoms with Gasteiger partial charge in [0, 0.05) is 0 Å². The van der Waals surface area contributed by atoms with Crippen LogP contribution in [-0.2, 0) is 9.53 Å². The number of nitrogens with zero attached hydrogens (tertiary/aromatic N) is 1. The lowest BCUT2D eigenvalue weighted by atomic mass is 10.6. The molecule has 5 nitrogen and oxygen atoms in total. The minimum atomic E-state index is -1.24. The van der Waals surface area contributed by atoms with Gasteiger partial charge in [-0.15, -0.1) is 0 Å². The molecule has 0 fully saturated rings. The van der Waals surface area contributed by atoms with Gasteiger partial charge in [-0.05, 0) is 0 Å². The van der Waals surface area contributed by atoms with Gasteiger partial charge in [-0.1, -0.05) is 0 Å². The molecule has 5 heteroatoms. The molecule has 0 spiro atoms. The normalized spacial score (nSPS) is 25.0. The molecule has 2 N–H and O–H groups in total. The van der Waals surface area contributed by atoms with Crippen molar-refractivity contribution in [1.29, 1.82) is 0 Å². The number of aliphatic carboxylic acids is 1. The summed E-state index contributed by atoms with van der Waals surface area (Å²) in [6.45, 7) is -0.0539. The van der Waals surface area contributed by atoms with Gasteiger partial charge >= 0.3 is 5.97 Å². The first kappa shape index (κ1) is 6.03. The molecule has 1 rings (SSSR count). The van der Waals surface area contributed by atoms with Gasteiger partial charge in [-0.3, -0.25) is 0 Å². The third-order valence-electron chi connectivity index (χ3n) is 0.818. The summed E-state index contributed by atoms with van der Waals surface area (Å²) in [6.07, 6.45) is -1.00. The van der Waals surface area contributed by atoms with E-state index in [2.05, 4.69) is 9.73 Å². The number of hydrogen-bond acceptors (Lipinski definition) is 4. The van der Waals surface area contributed by atoms with Crippen molar-refractivity contribution in [3.05, 3.63) is 0 Å². The second kappa shape index (κ2) is 2.02. The van der Waals surface area contributed by atoms with Gasteiger partial charge in [-0.25, -0.2) is 9.79 Å². The summed E-state index contributed by atoms with van der Waals surface area (Å²) in [4.78, 5) is 13.2. The molecular formula is C4H5NO4. The van der Waals surface area contributed by atoms with Crippen molar-refractivity contribution in [2.75, 3.05) is 6.61 Å². The Hall–Kier alpha value is -1.10. The number of hydrogen-bond donors (Lipinski definition) is 2. The number of aliphatic hydroxyl groups is 1. The number of carbonyl (C=O) groups is 1. The Morgan fingerprint density at radius 2 is 2.56 bits per heavy atom. The van der Waals surface area contributed by atoms with Crippen molar-refractivity contribution < 1.29 is 19.7 Å². The maximum absolute atomic E-state index is 9.98. The van der Waals surface area contributed by atoms with Gasteiger partial charge in [0.25, 0.3) is 5.90 Å². The predicted octanol–water partition coefficient (Wildman–Crippen LogP) is -1.18. The van der Waals surface area contributed by atoms with Gasteiger partial charge in [-0.2, -0.15) is 0 Å². The summed E-state index contributed by atoms with van der Waals surface area (Å²) in [5.41, 5.74) is 0. The van der Waals surface area contributed by atoms with E-state index in [1.165, 1.54) is 0 Å². The van der Waals surface area contributed by atoms with Crippen LogP contribution in [0.4, 0.5) is 0 Å². The molecule has 0 saturated heterocycles. The molecule has 9 heavy (non-hydrogen) atoms. The number of carboxylic acid groups (broad SMARTS) is 1. The molecule has 0 aliphatic carbocycles. The number of ether oxygens (including phenoxy) is 1. The molecule has 1 aliphatic rings. The third-order valence-corrected chi connectivity index (χ3v) is 0.818. The van der Waals surface area contributed by atoms with Crippen LogP contribution >= 0.6 is 0 Å². The molecule has 1 heterocycles. The summed E-state index contributed by atoms with van der Waals surface area (Å²) in [5.74, 6) is -1.66. The van der Waals surface area contributed by atoms with E-state index in [0.717, 1.165) is 0 Å². The van der Waals surface area contributed by atoms with Crippen molar-refractivity contribution in [3.8, 4) is 0 Å². The number of carboxylic acids is 1. The minimum Gasteiger partial charge on any atom is -0.474 e. The topological polar surface area (TPSA) is 79.1 Å². The van der Waals surface area contributed by atoms with E-state index in [4.69, 9.17) is 10.2 Å². The van der Waals surface area contributed by atoms with Crippen molar-refractivity contribution in [2.24, 2.45) is 4.99 Å². The van der Waals surface area contributed by atoms with Crippen LogP contribution in [0.1, 0.15) is 0 Å². The van der Waals surface area contributed by atoms with Crippen molar-refractivity contribution in [1.82, 2.24) is 0 Å². The molecule has 1 aliphatic heterocycles. The SMILES string of the molecule is O=C(O)C1=NC(O)CO1. The van der Waals surface area contributed by atoms with Gasteiger partial charge in [0.05, 0.1) is 0 Å². The molecule has 0 saturated carbocycles. The van der Waals surface area contributed by atoms with Crippen LogP contribution < -0.4 is 0 Å². The van der Waals surface area contributed by atoms with E-state index in [1.807, 2.05) is 0 Å². The first-order valence-corrected chi connectivity index (χ1v) is 2.32. The maximum atomic E-state index is 9.98. The van der Waals surface area contributed by atoms with Crippen LogP contribution in [0, 0.1) is 0 Å². The Balaban J connectivity index is 2.62. The highest BCUT2D eigenvalue weighted by molar-refractivity contribution is 6.32. The van der Waals surface area contributed by atoms with Crippen LogP contribution in [0.15, 0.2) is 4.99 Å². The summed E-state index contributed by atoms with van der Waals surface area (Å²) in [6, 6.07) is 0. The fraction of sp³-hybridized carbons (Fsp3) is 0.500. The Morgan fingerprint density at radius 1 is 1.89 bits per heavy atom. The van der Waals surface area contributed by atoms with E-state index in [-0.39, 0.29) is 6.61 Å². The highest BCUT2D eigenvalue weighted by Gasteiger charge is 2.21. The largest absolute Gasteiger partial charge is 0.474 e. The van der Waals surface area contributed by atoms with Gasteiger partial charge < -0.3 is 14.9 Å². The summed E-state index contributed by atoms with van der Waals surface area (Å²) >= 11 is 0. The second-order valence-corrected chi connectivity index (χ2v) is 1.53. The zero-order chi connectivity index (χ0) is 6.85. The standard InChI is InChI=1S/C4H5NO4/c6-2-1-9-3(5-2)4(7)8/h2,6H,1H2,(H,7,8). The second-order valence-electron chi connectivity index (χ2n) is 1.53. The Bertz CT molecular complexity index is 164. The lowest BCUT2D eigenvalue weighted by molar-refractivity contribution is -0.130.